The molecule has 1 heterocycles. The fourth-order valence-electron chi connectivity index (χ4n) is 5.70. The summed E-state index contributed by atoms with van der Waals surface area (Å²) >= 11 is 0. The van der Waals surface area contributed by atoms with Gasteiger partial charge < -0.3 is 9.84 Å². The minimum Gasteiger partial charge on any atom is -0.393 e. The van der Waals surface area contributed by atoms with Crippen molar-refractivity contribution in [2.75, 3.05) is 0 Å². The number of hydrogen-bond acceptors (Lipinski definition) is 2. The highest BCUT2D eigenvalue weighted by Crippen LogP contribution is 2.66. The molecular weight excluding hydrogens is 512 g/mol. The average Bonchev–Trinajstić information content (AvgIpc) is 3.50. The van der Waals surface area contributed by atoms with Crippen molar-refractivity contribution in [2.24, 2.45) is 5.41 Å². The average molecular weight is 569 g/mol. The van der Waals surface area contributed by atoms with Crippen LogP contribution in [0.4, 0.5) is 0 Å². The van der Waals surface area contributed by atoms with Gasteiger partial charge in [-0.3, -0.25) is 0 Å². The molecule has 0 bridgehead atoms. The number of allylic oxidation sites excluding steroid dienone is 21. The second kappa shape index (κ2) is 16.1. The molecule has 0 radical (unpaired) electrons. The maximum atomic E-state index is 10.2. The van der Waals surface area contributed by atoms with E-state index in [-0.39, 0.29) is 22.7 Å². The Labute approximate surface area is 257 Å². The molecule has 0 amide bonds. The molecule has 3 unspecified atom stereocenters. The van der Waals surface area contributed by atoms with Crippen molar-refractivity contribution in [2.45, 2.75) is 112 Å². The molecule has 3 atom stereocenters. The summed E-state index contributed by atoms with van der Waals surface area (Å²) in [7, 11) is 0. The van der Waals surface area contributed by atoms with Gasteiger partial charge in [0.1, 0.15) is 11.2 Å². The molecule has 42 heavy (non-hydrogen) atoms. The zero-order valence-electron chi connectivity index (χ0n) is 28.0. The van der Waals surface area contributed by atoms with E-state index in [9.17, 15) is 5.11 Å². The number of hydrogen-bond donors (Lipinski definition) is 1. The normalized spacial score (nSPS) is 27.7. The van der Waals surface area contributed by atoms with Crippen LogP contribution in [-0.2, 0) is 4.74 Å². The second-order valence-corrected chi connectivity index (χ2v) is 13.3. The number of ether oxygens (including phenoxy) is 1. The van der Waals surface area contributed by atoms with E-state index in [1.165, 1.54) is 33.4 Å². The highest BCUT2D eigenvalue weighted by Gasteiger charge is 2.74. The molecule has 0 aromatic heterocycles. The molecule has 0 aromatic rings. The third kappa shape index (κ3) is 11.0. The lowest BCUT2D eigenvalue weighted by Crippen LogP contribution is -2.46. The largest absolute Gasteiger partial charge is 0.393 e. The highest BCUT2D eigenvalue weighted by molar-refractivity contribution is 5.37. The van der Waals surface area contributed by atoms with Crippen LogP contribution in [-0.4, -0.2) is 22.4 Å². The highest BCUT2D eigenvalue weighted by atomic mass is 16.6. The summed E-state index contributed by atoms with van der Waals surface area (Å²) < 4.78 is 6.25. The number of rotatable bonds is 13. The van der Waals surface area contributed by atoms with Gasteiger partial charge in [0.25, 0.3) is 0 Å². The Bertz CT molecular complexity index is 1260. The van der Waals surface area contributed by atoms with Crippen molar-refractivity contribution in [1.82, 2.24) is 0 Å². The van der Waals surface area contributed by atoms with Crippen molar-refractivity contribution in [3.63, 3.8) is 0 Å². The van der Waals surface area contributed by atoms with E-state index in [2.05, 4.69) is 166 Å². The number of aliphatic hydroxyl groups is 1. The molecule has 1 saturated heterocycles. The monoisotopic (exact) mass is 568 g/mol. The van der Waals surface area contributed by atoms with Gasteiger partial charge in [0.15, 0.2) is 0 Å². The minimum atomic E-state index is -0.285. The third-order valence-corrected chi connectivity index (χ3v) is 8.18. The minimum absolute atomic E-state index is 0.0881. The van der Waals surface area contributed by atoms with Gasteiger partial charge in [0.05, 0.1) is 6.10 Å². The Morgan fingerprint density at radius 2 is 1.14 bits per heavy atom. The van der Waals surface area contributed by atoms with E-state index in [1.807, 2.05) is 0 Å². The van der Waals surface area contributed by atoms with Gasteiger partial charge in [-0.1, -0.05) is 138 Å². The summed E-state index contributed by atoms with van der Waals surface area (Å²) in [6.45, 7) is 21.5. The summed E-state index contributed by atoms with van der Waals surface area (Å²) in [5.74, 6) is 0. The first-order valence-corrected chi connectivity index (χ1v) is 15.5. The summed E-state index contributed by atoms with van der Waals surface area (Å²) in [6, 6.07) is 0. The lowest BCUT2D eigenvalue weighted by Gasteiger charge is -2.39. The molecule has 2 aliphatic rings. The topological polar surface area (TPSA) is 32.8 Å². The first-order valence-electron chi connectivity index (χ1n) is 15.5. The van der Waals surface area contributed by atoms with Crippen LogP contribution in [0.1, 0.15) is 94.9 Å². The van der Waals surface area contributed by atoms with Crippen LogP contribution in [0.25, 0.3) is 0 Å². The van der Waals surface area contributed by atoms with E-state index >= 15 is 0 Å². The summed E-state index contributed by atoms with van der Waals surface area (Å²) in [4.78, 5) is 0. The van der Waals surface area contributed by atoms with E-state index in [0.29, 0.717) is 6.42 Å². The van der Waals surface area contributed by atoms with Gasteiger partial charge in [-0.05, 0) is 80.7 Å². The van der Waals surface area contributed by atoms with Crippen LogP contribution >= 0.6 is 0 Å². The second-order valence-electron chi connectivity index (χ2n) is 13.3. The Balaban J connectivity index is 1.83. The van der Waals surface area contributed by atoms with Gasteiger partial charge >= 0.3 is 0 Å². The fraction of sp³-hybridized carbons (Fsp3) is 0.450. The maximum absolute atomic E-state index is 10.2. The molecule has 2 fully saturated rings. The number of epoxide rings is 1. The molecule has 0 aromatic carbocycles. The van der Waals surface area contributed by atoms with E-state index < -0.39 is 0 Å². The van der Waals surface area contributed by atoms with Crippen molar-refractivity contribution < 1.29 is 9.84 Å². The maximum Gasteiger partial charge on any atom is 0.121 e. The molecule has 1 saturated carbocycles. The van der Waals surface area contributed by atoms with Crippen molar-refractivity contribution in [3.8, 4) is 0 Å². The van der Waals surface area contributed by atoms with Gasteiger partial charge in [0, 0.05) is 11.8 Å². The van der Waals surface area contributed by atoms with Crippen LogP contribution < -0.4 is 0 Å². The Kier molecular flexibility index (Phi) is 13.5. The first-order chi connectivity index (χ1) is 19.7. The standard InChI is InChI=1S/C40H56O2/c1-31(2)17-13-20-34(5)23-15-25-35(6)24-14-21-32(3)18-11-12-19-33(4)22-16-26-36(7)27-28-40-38(8,9)29-37(41)30-39(40,10)42-40/h11-12,14-19,21-28,37,41H,13,20,29-30H2,1-10H3/b12-11+,21-14+,22-16+,25-15+,28-27+,32-18+,33-19+,34-23+,35-24+,36-26+. The quantitative estimate of drug-likeness (QED) is 0.136. The van der Waals surface area contributed by atoms with Gasteiger partial charge in [0.2, 0.25) is 0 Å². The molecule has 2 rings (SSSR count). The fourth-order valence-corrected chi connectivity index (χ4v) is 5.70. The summed E-state index contributed by atoms with van der Waals surface area (Å²) in [5, 5.41) is 10.2. The molecule has 0 spiro atoms. The molecule has 1 aliphatic heterocycles. The van der Waals surface area contributed by atoms with Gasteiger partial charge in [-0.25, -0.2) is 0 Å². The van der Waals surface area contributed by atoms with E-state index in [4.69, 9.17) is 4.74 Å². The Hall–Kier alpha value is -2.94. The van der Waals surface area contributed by atoms with Crippen molar-refractivity contribution in [3.05, 3.63) is 131 Å². The lowest BCUT2D eigenvalue weighted by atomic mass is 9.63. The summed E-state index contributed by atoms with van der Waals surface area (Å²) in [5.41, 5.74) is 6.94. The Morgan fingerprint density at radius 3 is 1.64 bits per heavy atom. The molecule has 2 nitrogen and oxygen atoms in total. The molecule has 1 N–H and O–H groups in total. The van der Waals surface area contributed by atoms with Crippen LogP contribution in [0.5, 0.6) is 0 Å². The Morgan fingerprint density at radius 1 is 0.667 bits per heavy atom. The lowest BCUT2D eigenvalue weighted by molar-refractivity contribution is 0.0515. The van der Waals surface area contributed by atoms with Crippen molar-refractivity contribution >= 4 is 0 Å². The van der Waals surface area contributed by atoms with Crippen LogP contribution in [0.2, 0.25) is 0 Å². The predicted octanol–water partition coefficient (Wildman–Crippen LogP) is 11.0. The first kappa shape index (κ1) is 35.3. The third-order valence-electron chi connectivity index (χ3n) is 8.18. The molecule has 2 heteroatoms. The van der Waals surface area contributed by atoms with E-state index in [0.717, 1.165) is 19.3 Å². The molecule has 228 valence electrons. The number of aliphatic hydroxyl groups excluding tert-OH is 1. The summed E-state index contributed by atoms with van der Waals surface area (Å²) in [6.07, 6.45) is 37.7. The zero-order valence-corrected chi connectivity index (χ0v) is 28.0. The van der Waals surface area contributed by atoms with Crippen LogP contribution in [0.3, 0.4) is 0 Å². The van der Waals surface area contributed by atoms with Crippen LogP contribution in [0, 0.1) is 5.41 Å². The van der Waals surface area contributed by atoms with E-state index in [1.54, 1.807) is 0 Å². The zero-order chi connectivity index (χ0) is 31.4. The molecular formula is C40H56O2. The molecule has 1 aliphatic carbocycles. The SMILES string of the molecule is CC(C)=CCC/C(C)=C/C=C/C(C)=C/C=C/C(C)=C/C=C/C=C(C)/C=C/C=C(C)/C=C/C12OC1(C)CC(O)CC2(C)C. The van der Waals surface area contributed by atoms with Gasteiger partial charge in [-0.15, -0.1) is 0 Å². The predicted molar refractivity (Wildman–Crippen MR) is 184 cm³/mol. The number of fused-ring (bicyclic) bond motifs is 1. The smallest absolute Gasteiger partial charge is 0.121 e. The van der Waals surface area contributed by atoms with Crippen LogP contribution in [0.15, 0.2) is 131 Å². The van der Waals surface area contributed by atoms with Crippen molar-refractivity contribution in [1.29, 1.82) is 0 Å². The van der Waals surface area contributed by atoms with Gasteiger partial charge in [-0.2, -0.15) is 0 Å².